The highest BCUT2D eigenvalue weighted by Crippen LogP contribution is 2.24. The van der Waals surface area contributed by atoms with E-state index in [-0.39, 0.29) is 11.8 Å². The lowest BCUT2D eigenvalue weighted by Gasteiger charge is -2.18. The average Bonchev–Trinajstić information content (AvgIpc) is 2.39. The highest BCUT2D eigenvalue weighted by Gasteiger charge is 2.16. The molecule has 19 heavy (non-hydrogen) atoms. The second kappa shape index (κ2) is 5.48. The monoisotopic (exact) mass is 253 g/mol. The van der Waals surface area contributed by atoms with E-state index in [1.54, 1.807) is 6.07 Å². The largest absolute Gasteiger partial charge is 0.274 e. The molecule has 0 fully saturated rings. The molecule has 3 nitrogen and oxygen atoms in total. The Morgan fingerprint density at radius 1 is 0.789 bits per heavy atom. The lowest BCUT2D eigenvalue weighted by Crippen LogP contribution is -2.32. The molecule has 2 aromatic rings. The van der Waals surface area contributed by atoms with Gasteiger partial charge in [-0.3, -0.25) is 14.5 Å². The number of hydrogen-bond donors (Lipinski definition) is 0. The van der Waals surface area contributed by atoms with Gasteiger partial charge in [0.2, 0.25) is 11.8 Å². The number of carbonyl (C=O) groups excluding carboxylic acids is 2. The zero-order chi connectivity index (χ0) is 13.8. The Labute approximate surface area is 112 Å². The molecule has 2 amide bonds. The van der Waals surface area contributed by atoms with E-state index in [4.69, 9.17) is 0 Å². The van der Waals surface area contributed by atoms with Crippen molar-refractivity contribution in [1.29, 1.82) is 0 Å². The van der Waals surface area contributed by atoms with Crippen molar-refractivity contribution in [2.45, 2.75) is 13.8 Å². The molecule has 0 aromatic heterocycles. The molecule has 96 valence electrons. The molecule has 0 radical (unpaired) electrons. The molecule has 0 bridgehead atoms. The van der Waals surface area contributed by atoms with Gasteiger partial charge in [0.25, 0.3) is 0 Å². The molecule has 0 N–H and O–H groups in total. The standard InChI is InChI=1S/C16H15NO2/c1-12(18)17(13(2)19)16-10-6-9-15(11-16)14-7-4-3-5-8-14/h3-11H,1-2H3. The van der Waals surface area contributed by atoms with Crippen LogP contribution in [0.5, 0.6) is 0 Å². The predicted octanol–water partition coefficient (Wildman–Crippen LogP) is 3.25. The Kier molecular flexibility index (Phi) is 3.76. The fraction of sp³-hybridized carbons (Fsp3) is 0.125. The Hall–Kier alpha value is -2.42. The van der Waals surface area contributed by atoms with Gasteiger partial charge in [0.15, 0.2) is 0 Å². The van der Waals surface area contributed by atoms with Crippen molar-refractivity contribution in [3.8, 4) is 11.1 Å². The van der Waals surface area contributed by atoms with E-state index in [1.165, 1.54) is 18.7 Å². The normalized spacial score (nSPS) is 10.0. The van der Waals surface area contributed by atoms with Gasteiger partial charge in [-0.25, -0.2) is 0 Å². The van der Waals surface area contributed by atoms with E-state index < -0.39 is 0 Å². The maximum Gasteiger partial charge on any atom is 0.230 e. The van der Waals surface area contributed by atoms with Gasteiger partial charge in [-0.05, 0) is 23.3 Å². The molecular weight excluding hydrogens is 238 g/mol. The van der Waals surface area contributed by atoms with E-state index in [1.807, 2.05) is 48.5 Å². The first-order valence-electron chi connectivity index (χ1n) is 6.06. The summed E-state index contributed by atoms with van der Waals surface area (Å²) >= 11 is 0. The molecule has 0 aliphatic carbocycles. The Morgan fingerprint density at radius 3 is 1.95 bits per heavy atom. The lowest BCUT2D eigenvalue weighted by molar-refractivity contribution is -0.124. The van der Waals surface area contributed by atoms with Crippen molar-refractivity contribution in [3.05, 3.63) is 54.6 Å². The van der Waals surface area contributed by atoms with Gasteiger partial charge in [-0.15, -0.1) is 0 Å². The minimum absolute atomic E-state index is 0.280. The number of amides is 2. The molecule has 3 heteroatoms. The van der Waals surface area contributed by atoms with Crippen LogP contribution in [0.3, 0.4) is 0 Å². The fourth-order valence-electron chi connectivity index (χ4n) is 2.04. The number of anilines is 1. The summed E-state index contributed by atoms with van der Waals surface area (Å²) in [6.07, 6.45) is 0. The minimum atomic E-state index is -0.280. The molecule has 0 saturated carbocycles. The lowest BCUT2D eigenvalue weighted by atomic mass is 10.0. The molecule has 2 aromatic carbocycles. The summed E-state index contributed by atoms with van der Waals surface area (Å²) in [6.45, 7) is 2.77. The highest BCUT2D eigenvalue weighted by molar-refractivity contribution is 6.13. The third-order valence-electron chi connectivity index (χ3n) is 2.84. The summed E-state index contributed by atoms with van der Waals surface area (Å²) < 4.78 is 0. The second-order valence-electron chi connectivity index (χ2n) is 4.29. The zero-order valence-electron chi connectivity index (χ0n) is 11.0. The van der Waals surface area contributed by atoms with Gasteiger partial charge in [0.05, 0.1) is 5.69 Å². The summed E-state index contributed by atoms with van der Waals surface area (Å²) in [4.78, 5) is 24.3. The SMILES string of the molecule is CC(=O)N(C(C)=O)c1cccc(-c2ccccc2)c1. The maximum absolute atomic E-state index is 11.5. The topological polar surface area (TPSA) is 37.4 Å². The molecule has 0 saturated heterocycles. The van der Waals surface area contributed by atoms with Gasteiger partial charge >= 0.3 is 0 Å². The van der Waals surface area contributed by atoms with Crippen molar-refractivity contribution in [2.75, 3.05) is 4.90 Å². The number of hydrogen-bond acceptors (Lipinski definition) is 2. The van der Waals surface area contributed by atoms with E-state index in [0.717, 1.165) is 11.1 Å². The predicted molar refractivity (Wildman–Crippen MR) is 75.7 cm³/mol. The Morgan fingerprint density at radius 2 is 1.37 bits per heavy atom. The molecule has 0 spiro atoms. The number of benzene rings is 2. The third kappa shape index (κ3) is 2.88. The molecule has 0 unspecified atom stereocenters. The van der Waals surface area contributed by atoms with Gasteiger partial charge in [0, 0.05) is 13.8 Å². The van der Waals surface area contributed by atoms with E-state index in [9.17, 15) is 9.59 Å². The number of carbonyl (C=O) groups is 2. The third-order valence-corrected chi connectivity index (χ3v) is 2.84. The zero-order valence-corrected chi connectivity index (χ0v) is 11.0. The Balaban J connectivity index is 2.45. The van der Waals surface area contributed by atoms with Crippen LogP contribution in [0.15, 0.2) is 54.6 Å². The summed E-state index contributed by atoms with van der Waals surface area (Å²) in [5.41, 5.74) is 2.63. The van der Waals surface area contributed by atoms with Crippen LogP contribution in [-0.4, -0.2) is 11.8 Å². The fourth-order valence-corrected chi connectivity index (χ4v) is 2.04. The van der Waals surface area contributed by atoms with Crippen LogP contribution in [0.4, 0.5) is 5.69 Å². The summed E-state index contributed by atoms with van der Waals surface area (Å²) in [5, 5.41) is 0. The van der Waals surface area contributed by atoms with Crippen LogP contribution in [0, 0.1) is 0 Å². The molecule has 0 aliphatic heterocycles. The van der Waals surface area contributed by atoms with E-state index in [0.29, 0.717) is 5.69 Å². The second-order valence-corrected chi connectivity index (χ2v) is 4.29. The van der Waals surface area contributed by atoms with Gasteiger partial charge in [0.1, 0.15) is 0 Å². The van der Waals surface area contributed by atoms with Crippen LogP contribution in [-0.2, 0) is 9.59 Å². The first kappa shape index (κ1) is 13.0. The number of nitrogens with zero attached hydrogens (tertiary/aromatic N) is 1. The summed E-state index contributed by atoms with van der Waals surface area (Å²) in [7, 11) is 0. The van der Waals surface area contributed by atoms with E-state index >= 15 is 0 Å². The number of rotatable bonds is 2. The Bertz CT molecular complexity index is 591. The van der Waals surface area contributed by atoms with Crippen molar-refractivity contribution in [3.63, 3.8) is 0 Å². The van der Waals surface area contributed by atoms with Crippen molar-refractivity contribution >= 4 is 17.5 Å². The van der Waals surface area contributed by atoms with Crippen LogP contribution in [0.25, 0.3) is 11.1 Å². The van der Waals surface area contributed by atoms with Crippen molar-refractivity contribution in [2.24, 2.45) is 0 Å². The molecule has 0 aliphatic rings. The smallest absolute Gasteiger partial charge is 0.230 e. The van der Waals surface area contributed by atoms with Crippen LogP contribution >= 0.6 is 0 Å². The molecule has 2 rings (SSSR count). The highest BCUT2D eigenvalue weighted by atomic mass is 16.2. The summed E-state index contributed by atoms with van der Waals surface area (Å²) in [6, 6.07) is 17.2. The number of imide groups is 1. The van der Waals surface area contributed by atoms with Gasteiger partial charge < -0.3 is 0 Å². The first-order chi connectivity index (χ1) is 9.09. The molecule has 0 heterocycles. The van der Waals surface area contributed by atoms with Crippen molar-refractivity contribution < 1.29 is 9.59 Å². The molecular formula is C16H15NO2. The quantitative estimate of drug-likeness (QED) is 0.823. The summed E-state index contributed by atoms with van der Waals surface area (Å²) in [5.74, 6) is -0.560. The van der Waals surface area contributed by atoms with Gasteiger partial charge in [-0.2, -0.15) is 0 Å². The first-order valence-corrected chi connectivity index (χ1v) is 6.06. The minimum Gasteiger partial charge on any atom is -0.274 e. The molecule has 0 atom stereocenters. The van der Waals surface area contributed by atoms with Gasteiger partial charge in [-0.1, -0.05) is 42.5 Å². The average molecular weight is 253 g/mol. The maximum atomic E-state index is 11.5. The van der Waals surface area contributed by atoms with E-state index in [2.05, 4.69) is 0 Å². The van der Waals surface area contributed by atoms with Crippen LogP contribution in [0.2, 0.25) is 0 Å². The van der Waals surface area contributed by atoms with Crippen LogP contribution < -0.4 is 4.90 Å². The van der Waals surface area contributed by atoms with Crippen LogP contribution in [0.1, 0.15) is 13.8 Å². The van der Waals surface area contributed by atoms with Crippen molar-refractivity contribution in [1.82, 2.24) is 0 Å².